The molecule has 1 fully saturated rings. The maximum atomic E-state index is 12.2. The van der Waals surface area contributed by atoms with Gasteiger partial charge in [-0.3, -0.25) is 14.6 Å². The molecule has 2 atom stereocenters. The highest BCUT2D eigenvalue weighted by Gasteiger charge is 2.47. The molecule has 5 nitrogen and oxygen atoms in total. The molecule has 1 heterocycles. The first-order valence-electron chi connectivity index (χ1n) is 7.68. The molecule has 5 heteroatoms. The number of rotatable bonds is 5. The lowest BCUT2D eigenvalue weighted by Gasteiger charge is -2.08. The summed E-state index contributed by atoms with van der Waals surface area (Å²) in [4.78, 5) is 28.3. The van der Waals surface area contributed by atoms with Gasteiger partial charge in [0, 0.05) is 24.6 Å². The zero-order valence-electron chi connectivity index (χ0n) is 13.0. The molecule has 0 bridgehead atoms. The largest absolute Gasteiger partial charge is 0.352 e. The number of aryl methyl sites for hydroxylation is 1. The van der Waals surface area contributed by atoms with Gasteiger partial charge in [-0.2, -0.15) is 0 Å². The molecule has 2 unspecified atom stereocenters. The van der Waals surface area contributed by atoms with Gasteiger partial charge in [0.15, 0.2) is 0 Å². The first kappa shape index (κ1) is 15.2. The third kappa shape index (κ3) is 3.74. The van der Waals surface area contributed by atoms with E-state index in [4.69, 9.17) is 0 Å². The minimum absolute atomic E-state index is 0.0706. The van der Waals surface area contributed by atoms with E-state index in [1.807, 2.05) is 43.3 Å². The third-order valence-electron chi connectivity index (χ3n) is 4.06. The highest BCUT2D eigenvalue weighted by Crippen LogP contribution is 2.39. The monoisotopic (exact) mass is 309 g/mol. The molecule has 0 radical (unpaired) electrons. The Hall–Kier alpha value is -2.69. The Balaban J connectivity index is 1.49. The number of para-hydroxylation sites is 1. The first-order valence-corrected chi connectivity index (χ1v) is 7.68. The van der Waals surface area contributed by atoms with Gasteiger partial charge in [0.05, 0.1) is 11.8 Å². The molecule has 0 saturated heterocycles. The van der Waals surface area contributed by atoms with Crippen LogP contribution in [-0.4, -0.2) is 16.8 Å². The zero-order chi connectivity index (χ0) is 16.2. The molecule has 1 aromatic heterocycles. The van der Waals surface area contributed by atoms with Crippen molar-refractivity contribution in [3.8, 4) is 0 Å². The van der Waals surface area contributed by atoms with Crippen LogP contribution in [-0.2, 0) is 16.1 Å². The Morgan fingerprint density at radius 3 is 2.65 bits per heavy atom. The number of aromatic nitrogens is 1. The summed E-state index contributed by atoms with van der Waals surface area (Å²) in [5, 5.41) is 5.76. The molecule has 118 valence electrons. The minimum Gasteiger partial charge on any atom is -0.352 e. The van der Waals surface area contributed by atoms with Crippen LogP contribution in [0.5, 0.6) is 0 Å². The summed E-state index contributed by atoms with van der Waals surface area (Å²) in [6.45, 7) is 2.38. The molecule has 23 heavy (non-hydrogen) atoms. The number of hydrogen-bond donors (Lipinski definition) is 2. The van der Waals surface area contributed by atoms with Crippen molar-refractivity contribution < 1.29 is 9.59 Å². The Kier molecular flexibility index (Phi) is 4.37. The van der Waals surface area contributed by atoms with E-state index in [2.05, 4.69) is 15.6 Å². The second-order valence-electron chi connectivity index (χ2n) is 5.83. The Morgan fingerprint density at radius 1 is 1.13 bits per heavy atom. The van der Waals surface area contributed by atoms with E-state index in [9.17, 15) is 9.59 Å². The summed E-state index contributed by atoms with van der Waals surface area (Å²) in [7, 11) is 0. The number of carbonyl (C=O) groups excluding carboxylic acids is 2. The summed E-state index contributed by atoms with van der Waals surface area (Å²) >= 11 is 0. The van der Waals surface area contributed by atoms with Gasteiger partial charge < -0.3 is 10.6 Å². The normalized spacial score (nSPS) is 19.0. The molecule has 1 aromatic carbocycles. The van der Waals surface area contributed by atoms with Crippen LogP contribution >= 0.6 is 0 Å². The number of hydrogen-bond acceptors (Lipinski definition) is 3. The van der Waals surface area contributed by atoms with E-state index in [-0.39, 0.29) is 23.7 Å². The van der Waals surface area contributed by atoms with Crippen molar-refractivity contribution in [2.45, 2.75) is 19.9 Å². The molecule has 1 saturated carbocycles. The lowest BCUT2D eigenvalue weighted by molar-refractivity contribution is -0.125. The number of pyridine rings is 1. The van der Waals surface area contributed by atoms with Crippen LogP contribution in [0.15, 0.2) is 48.8 Å². The summed E-state index contributed by atoms with van der Waals surface area (Å²) in [5.41, 5.74) is 2.76. The molecule has 1 aliphatic rings. The van der Waals surface area contributed by atoms with Crippen molar-refractivity contribution in [2.24, 2.45) is 11.8 Å². The van der Waals surface area contributed by atoms with Crippen molar-refractivity contribution in [3.05, 3.63) is 59.9 Å². The molecule has 0 aliphatic heterocycles. The lowest BCUT2D eigenvalue weighted by Crippen LogP contribution is -2.27. The van der Waals surface area contributed by atoms with Crippen molar-refractivity contribution in [2.75, 3.05) is 5.32 Å². The SMILES string of the molecule is Cc1ccccc1NC(=O)C1CC1C(=O)NCc1cccnc1. The fourth-order valence-corrected chi connectivity index (χ4v) is 2.54. The van der Waals surface area contributed by atoms with Gasteiger partial charge in [0.2, 0.25) is 11.8 Å². The number of amides is 2. The number of anilines is 1. The molecule has 3 rings (SSSR count). The van der Waals surface area contributed by atoms with Crippen molar-refractivity contribution in [1.29, 1.82) is 0 Å². The molecule has 1 aliphatic carbocycles. The third-order valence-corrected chi connectivity index (χ3v) is 4.06. The van der Waals surface area contributed by atoms with E-state index in [1.54, 1.807) is 12.4 Å². The number of nitrogens with one attached hydrogen (secondary N) is 2. The van der Waals surface area contributed by atoms with Gasteiger partial charge in [-0.1, -0.05) is 24.3 Å². The van der Waals surface area contributed by atoms with Crippen LogP contribution < -0.4 is 10.6 Å². The van der Waals surface area contributed by atoms with Crippen LogP contribution in [0.25, 0.3) is 0 Å². The van der Waals surface area contributed by atoms with E-state index < -0.39 is 0 Å². The fraction of sp³-hybridized carbons (Fsp3) is 0.278. The first-order chi connectivity index (χ1) is 11.1. The van der Waals surface area contributed by atoms with E-state index in [1.165, 1.54) is 0 Å². The van der Waals surface area contributed by atoms with Crippen LogP contribution in [0.3, 0.4) is 0 Å². The molecule has 2 aromatic rings. The molecular formula is C18H19N3O2. The van der Waals surface area contributed by atoms with Crippen molar-refractivity contribution in [3.63, 3.8) is 0 Å². The van der Waals surface area contributed by atoms with E-state index in [0.717, 1.165) is 16.8 Å². The van der Waals surface area contributed by atoms with Crippen LogP contribution in [0.4, 0.5) is 5.69 Å². The molecule has 2 amide bonds. The highest BCUT2D eigenvalue weighted by atomic mass is 16.2. The van der Waals surface area contributed by atoms with Gasteiger partial charge in [-0.25, -0.2) is 0 Å². The number of nitrogens with zero attached hydrogens (tertiary/aromatic N) is 1. The van der Waals surface area contributed by atoms with Crippen molar-refractivity contribution in [1.82, 2.24) is 10.3 Å². The van der Waals surface area contributed by atoms with Gasteiger partial charge in [-0.05, 0) is 36.6 Å². The smallest absolute Gasteiger partial charge is 0.228 e. The van der Waals surface area contributed by atoms with E-state index in [0.29, 0.717) is 13.0 Å². The predicted octanol–water partition coefficient (Wildman–Crippen LogP) is 2.28. The van der Waals surface area contributed by atoms with Crippen molar-refractivity contribution >= 4 is 17.5 Å². The Labute approximate surface area is 135 Å². The molecule has 2 N–H and O–H groups in total. The predicted molar refractivity (Wildman–Crippen MR) is 87.5 cm³/mol. The topological polar surface area (TPSA) is 71.1 Å². The fourth-order valence-electron chi connectivity index (χ4n) is 2.54. The second kappa shape index (κ2) is 6.60. The van der Waals surface area contributed by atoms with Crippen LogP contribution in [0.2, 0.25) is 0 Å². The van der Waals surface area contributed by atoms with Gasteiger partial charge in [0.1, 0.15) is 0 Å². The Morgan fingerprint density at radius 2 is 1.91 bits per heavy atom. The summed E-state index contributed by atoms with van der Waals surface area (Å²) < 4.78 is 0. The minimum atomic E-state index is -0.233. The van der Waals surface area contributed by atoms with Crippen LogP contribution in [0, 0.1) is 18.8 Å². The summed E-state index contributed by atoms with van der Waals surface area (Å²) in [6, 6.07) is 11.4. The lowest BCUT2D eigenvalue weighted by atomic mass is 10.2. The summed E-state index contributed by atoms with van der Waals surface area (Å²) in [5.74, 6) is -0.612. The quantitative estimate of drug-likeness (QED) is 0.890. The standard InChI is InChI=1S/C18H19N3O2/c1-12-5-2-3-7-16(12)21-18(23)15-9-14(15)17(22)20-11-13-6-4-8-19-10-13/h2-8,10,14-15H,9,11H2,1H3,(H,20,22)(H,21,23). The number of carbonyl (C=O) groups is 2. The number of benzene rings is 1. The second-order valence-corrected chi connectivity index (χ2v) is 5.83. The maximum absolute atomic E-state index is 12.2. The maximum Gasteiger partial charge on any atom is 0.228 e. The summed E-state index contributed by atoms with van der Waals surface area (Å²) in [6.07, 6.45) is 4.02. The highest BCUT2D eigenvalue weighted by molar-refractivity contribution is 5.99. The molecule has 0 spiro atoms. The molecular weight excluding hydrogens is 290 g/mol. The van der Waals surface area contributed by atoms with Gasteiger partial charge >= 0.3 is 0 Å². The average molecular weight is 309 g/mol. The average Bonchev–Trinajstić information content (AvgIpc) is 3.36. The Bertz CT molecular complexity index is 715. The van der Waals surface area contributed by atoms with Crippen LogP contribution in [0.1, 0.15) is 17.5 Å². The van der Waals surface area contributed by atoms with E-state index >= 15 is 0 Å². The zero-order valence-corrected chi connectivity index (χ0v) is 13.0. The van der Waals surface area contributed by atoms with Gasteiger partial charge in [-0.15, -0.1) is 0 Å². The van der Waals surface area contributed by atoms with Gasteiger partial charge in [0.25, 0.3) is 0 Å².